The monoisotopic (exact) mass is 395 g/mol. The van der Waals surface area contributed by atoms with Gasteiger partial charge in [0.15, 0.2) is 0 Å². The van der Waals surface area contributed by atoms with Crippen LogP contribution in [0.4, 0.5) is 11.4 Å². The molecule has 0 aliphatic carbocycles. The van der Waals surface area contributed by atoms with E-state index in [-0.39, 0.29) is 12.2 Å². The number of anilines is 2. The van der Waals surface area contributed by atoms with Crippen molar-refractivity contribution < 1.29 is 17.9 Å². The SMILES string of the molecule is CC1CN(C(=O)CS(=O)(=O)Nc2ccc(N3CCCCC3)cc2)CC(C)O1. The summed E-state index contributed by atoms with van der Waals surface area (Å²) in [6.45, 7) is 6.68. The zero-order chi connectivity index (χ0) is 19.4. The number of morpholine rings is 1. The zero-order valence-electron chi connectivity index (χ0n) is 16.1. The fourth-order valence-corrected chi connectivity index (χ4v) is 4.82. The molecule has 2 atom stereocenters. The van der Waals surface area contributed by atoms with E-state index in [1.54, 1.807) is 17.0 Å². The molecule has 2 heterocycles. The van der Waals surface area contributed by atoms with Gasteiger partial charge in [-0.1, -0.05) is 0 Å². The smallest absolute Gasteiger partial charge is 0.241 e. The summed E-state index contributed by atoms with van der Waals surface area (Å²) in [5, 5.41) is 0. The Hall–Kier alpha value is -1.80. The van der Waals surface area contributed by atoms with Gasteiger partial charge in [-0.3, -0.25) is 9.52 Å². The molecule has 1 aromatic rings. The molecule has 27 heavy (non-hydrogen) atoms. The van der Waals surface area contributed by atoms with Crippen molar-refractivity contribution in [1.29, 1.82) is 0 Å². The first-order valence-electron chi connectivity index (χ1n) is 9.61. The van der Waals surface area contributed by atoms with Crippen molar-refractivity contribution in [3.63, 3.8) is 0 Å². The lowest BCUT2D eigenvalue weighted by Gasteiger charge is -2.35. The van der Waals surface area contributed by atoms with Gasteiger partial charge in [0.1, 0.15) is 5.75 Å². The number of carbonyl (C=O) groups is 1. The highest BCUT2D eigenvalue weighted by Gasteiger charge is 2.28. The quantitative estimate of drug-likeness (QED) is 0.826. The largest absolute Gasteiger partial charge is 0.372 e. The summed E-state index contributed by atoms with van der Waals surface area (Å²) in [4.78, 5) is 16.3. The normalized spacial score (nSPS) is 23.9. The Bertz CT molecular complexity index is 735. The average molecular weight is 396 g/mol. The summed E-state index contributed by atoms with van der Waals surface area (Å²) in [6.07, 6.45) is 3.47. The Labute approximate surface area is 161 Å². The van der Waals surface area contributed by atoms with Crippen LogP contribution in [0.3, 0.4) is 0 Å². The summed E-state index contributed by atoms with van der Waals surface area (Å²) in [5.74, 6) is -0.949. The fourth-order valence-electron chi connectivity index (χ4n) is 3.74. The third kappa shape index (κ3) is 5.59. The van der Waals surface area contributed by atoms with Crippen LogP contribution in [-0.4, -0.2) is 63.4 Å². The number of benzene rings is 1. The number of hydrogen-bond acceptors (Lipinski definition) is 5. The number of amides is 1. The third-order valence-corrected chi connectivity index (χ3v) is 6.12. The van der Waals surface area contributed by atoms with Gasteiger partial charge >= 0.3 is 0 Å². The molecular formula is C19H29N3O4S. The predicted molar refractivity (Wildman–Crippen MR) is 107 cm³/mol. The van der Waals surface area contributed by atoms with E-state index in [4.69, 9.17) is 4.74 Å². The van der Waals surface area contributed by atoms with E-state index in [2.05, 4.69) is 9.62 Å². The van der Waals surface area contributed by atoms with Crippen LogP contribution in [0.5, 0.6) is 0 Å². The summed E-state index contributed by atoms with van der Waals surface area (Å²) < 4.78 is 32.9. The van der Waals surface area contributed by atoms with E-state index < -0.39 is 21.7 Å². The second kappa shape index (κ2) is 8.48. The maximum absolute atomic E-state index is 12.4. The summed E-state index contributed by atoms with van der Waals surface area (Å²) in [6, 6.07) is 7.36. The first-order chi connectivity index (χ1) is 12.8. The molecule has 1 N–H and O–H groups in total. The lowest BCUT2D eigenvalue weighted by Crippen LogP contribution is -2.50. The molecule has 0 spiro atoms. The second-order valence-electron chi connectivity index (χ2n) is 7.51. The number of nitrogens with one attached hydrogen (secondary N) is 1. The molecule has 3 rings (SSSR count). The summed E-state index contributed by atoms with van der Waals surface area (Å²) in [5.41, 5.74) is 1.58. The average Bonchev–Trinajstić information content (AvgIpc) is 2.61. The first kappa shape index (κ1) is 19.9. The van der Waals surface area contributed by atoms with Crippen LogP contribution in [0.1, 0.15) is 33.1 Å². The van der Waals surface area contributed by atoms with Gasteiger partial charge < -0.3 is 14.5 Å². The minimum atomic E-state index is -3.75. The van der Waals surface area contributed by atoms with E-state index >= 15 is 0 Å². The molecule has 8 heteroatoms. The van der Waals surface area contributed by atoms with Gasteiger partial charge in [-0.15, -0.1) is 0 Å². The van der Waals surface area contributed by atoms with E-state index in [1.165, 1.54) is 19.3 Å². The minimum absolute atomic E-state index is 0.0873. The van der Waals surface area contributed by atoms with Crippen LogP contribution in [0.15, 0.2) is 24.3 Å². The lowest BCUT2D eigenvalue weighted by atomic mass is 10.1. The number of nitrogens with zero attached hydrogens (tertiary/aromatic N) is 2. The Morgan fingerprint density at radius 2 is 1.67 bits per heavy atom. The van der Waals surface area contributed by atoms with Crippen molar-refractivity contribution in [2.75, 3.05) is 41.6 Å². The second-order valence-corrected chi connectivity index (χ2v) is 9.23. The molecule has 2 aliphatic heterocycles. The number of sulfonamides is 1. The maximum Gasteiger partial charge on any atom is 0.241 e. The van der Waals surface area contributed by atoms with Crippen LogP contribution in [0.2, 0.25) is 0 Å². The first-order valence-corrected chi connectivity index (χ1v) is 11.3. The van der Waals surface area contributed by atoms with Gasteiger partial charge in [-0.2, -0.15) is 0 Å². The number of carbonyl (C=O) groups excluding carboxylic acids is 1. The number of piperidine rings is 1. The highest BCUT2D eigenvalue weighted by atomic mass is 32.2. The molecule has 2 aliphatic rings. The van der Waals surface area contributed by atoms with Crippen molar-refractivity contribution in [2.45, 2.75) is 45.3 Å². The molecule has 0 saturated carbocycles. The third-order valence-electron chi connectivity index (χ3n) is 4.95. The highest BCUT2D eigenvalue weighted by molar-refractivity contribution is 7.93. The van der Waals surface area contributed by atoms with Crippen molar-refractivity contribution in [1.82, 2.24) is 4.90 Å². The molecule has 0 bridgehead atoms. The molecule has 0 radical (unpaired) electrons. The Balaban J connectivity index is 1.58. The summed E-state index contributed by atoms with van der Waals surface area (Å²) >= 11 is 0. The van der Waals surface area contributed by atoms with Gasteiger partial charge in [-0.25, -0.2) is 8.42 Å². The topological polar surface area (TPSA) is 79.0 Å². The molecule has 0 aromatic heterocycles. The van der Waals surface area contributed by atoms with Crippen LogP contribution in [-0.2, 0) is 19.6 Å². The van der Waals surface area contributed by atoms with Gasteiger partial charge in [0.2, 0.25) is 15.9 Å². The van der Waals surface area contributed by atoms with Crippen LogP contribution in [0.25, 0.3) is 0 Å². The van der Waals surface area contributed by atoms with Crippen molar-refractivity contribution in [3.05, 3.63) is 24.3 Å². The van der Waals surface area contributed by atoms with E-state index in [0.717, 1.165) is 18.8 Å². The van der Waals surface area contributed by atoms with Gasteiger partial charge in [0.05, 0.1) is 12.2 Å². The number of ether oxygens (including phenoxy) is 1. The van der Waals surface area contributed by atoms with Gasteiger partial charge in [0, 0.05) is 37.6 Å². The van der Waals surface area contributed by atoms with E-state index in [0.29, 0.717) is 18.8 Å². The Kier molecular flexibility index (Phi) is 6.26. The predicted octanol–water partition coefficient (Wildman–Crippen LogP) is 2.05. The molecular weight excluding hydrogens is 366 g/mol. The van der Waals surface area contributed by atoms with Crippen molar-refractivity contribution in [2.24, 2.45) is 0 Å². The van der Waals surface area contributed by atoms with Gasteiger partial charge in [-0.05, 0) is 57.4 Å². The highest BCUT2D eigenvalue weighted by Crippen LogP contribution is 2.22. The van der Waals surface area contributed by atoms with Crippen LogP contribution >= 0.6 is 0 Å². The zero-order valence-corrected chi connectivity index (χ0v) is 16.9. The Morgan fingerprint density at radius 3 is 2.26 bits per heavy atom. The van der Waals surface area contributed by atoms with Crippen molar-refractivity contribution >= 4 is 27.3 Å². The molecule has 150 valence electrons. The lowest BCUT2D eigenvalue weighted by molar-refractivity contribution is -0.140. The minimum Gasteiger partial charge on any atom is -0.372 e. The van der Waals surface area contributed by atoms with Crippen molar-refractivity contribution in [3.8, 4) is 0 Å². The molecule has 2 fully saturated rings. The molecule has 1 aromatic carbocycles. The van der Waals surface area contributed by atoms with Gasteiger partial charge in [0.25, 0.3) is 0 Å². The number of hydrogen-bond donors (Lipinski definition) is 1. The Morgan fingerprint density at radius 1 is 1.07 bits per heavy atom. The molecule has 2 unspecified atom stereocenters. The van der Waals surface area contributed by atoms with E-state index in [9.17, 15) is 13.2 Å². The maximum atomic E-state index is 12.4. The standard InChI is InChI=1S/C19H29N3O4S/c1-15-12-22(13-16(2)26-15)19(23)14-27(24,25)20-17-6-8-18(9-7-17)21-10-4-3-5-11-21/h6-9,15-16,20H,3-5,10-14H2,1-2H3. The fraction of sp³-hybridized carbons (Fsp3) is 0.632. The molecule has 1 amide bonds. The van der Waals surface area contributed by atoms with Crippen LogP contribution in [0, 0.1) is 0 Å². The van der Waals surface area contributed by atoms with Crippen LogP contribution < -0.4 is 9.62 Å². The van der Waals surface area contributed by atoms with E-state index in [1.807, 2.05) is 26.0 Å². The number of rotatable bonds is 5. The summed E-state index contributed by atoms with van der Waals surface area (Å²) in [7, 11) is -3.75. The molecule has 7 nitrogen and oxygen atoms in total. The molecule has 2 saturated heterocycles.